The van der Waals surface area contributed by atoms with E-state index >= 15 is 0 Å². The zero-order valence-corrected chi connectivity index (χ0v) is 11.5. The number of nitrogens with one attached hydrogen (secondary N) is 1. The van der Waals surface area contributed by atoms with Gasteiger partial charge in [-0.25, -0.2) is 9.97 Å². The van der Waals surface area contributed by atoms with E-state index in [4.69, 9.17) is 4.74 Å². The Labute approximate surface area is 112 Å². The highest BCUT2D eigenvalue weighted by Crippen LogP contribution is 2.31. The van der Waals surface area contributed by atoms with Gasteiger partial charge in [0.05, 0.1) is 7.11 Å². The van der Waals surface area contributed by atoms with Gasteiger partial charge in [0, 0.05) is 23.9 Å². The lowest BCUT2D eigenvalue weighted by atomic mass is 10.1. The predicted molar refractivity (Wildman–Crippen MR) is 74.7 cm³/mol. The van der Waals surface area contributed by atoms with Crippen LogP contribution in [0.5, 0.6) is 11.5 Å². The van der Waals surface area contributed by atoms with Crippen LogP contribution in [0.2, 0.25) is 0 Å². The van der Waals surface area contributed by atoms with E-state index in [1.165, 1.54) is 7.11 Å². The van der Waals surface area contributed by atoms with Crippen LogP contribution in [0.4, 0.5) is 5.82 Å². The van der Waals surface area contributed by atoms with E-state index in [0.29, 0.717) is 11.6 Å². The molecule has 1 aromatic heterocycles. The zero-order valence-electron chi connectivity index (χ0n) is 11.5. The summed E-state index contributed by atoms with van der Waals surface area (Å²) in [5.41, 5.74) is 2.74. The van der Waals surface area contributed by atoms with Crippen molar-refractivity contribution in [3.63, 3.8) is 0 Å². The van der Waals surface area contributed by atoms with E-state index in [0.717, 1.165) is 22.6 Å². The molecule has 0 aliphatic carbocycles. The number of aromatic hydroxyl groups is 1. The van der Waals surface area contributed by atoms with Gasteiger partial charge in [0.1, 0.15) is 5.82 Å². The number of aromatic nitrogens is 2. The van der Waals surface area contributed by atoms with Crippen LogP contribution in [0, 0.1) is 13.8 Å². The second-order valence-electron chi connectivity index (χ2n) is 4.24. The quantitative estimate of drug-likeness (QED) is 0.886. The molecule has 19 heavy (non-hydrogen) atoms. The van der Waals surface area contributed by atoms with Gasteiger partial charge in [-0.1, -0.05) is 0 Å². The van der Waals surface area contributed by atoms with Crippen molar-refractivity contribution in [2.75, 3.05) is 19.5 Å². The number of ether oxygens (including phenoxy) is 1. The number of hydrogen-bond acceptors (Lipinski definition) is 5. The molecule has 0 spiro atoms. The van der Waals surface area contributed by atoms with Crippen LogP contribution in [-0.2, 0) is 0 Å². The lowest BCUT2D eigenvalue weighted by molar-refractivity contribution is 0.373. The number of anilines is 1. The minimum atomic E-state index is 0.101. The first-order chi connectivity index (χ1) is 9.06. The summed E-state index contributed by atoms with van der Waals surface area (Å²) in [7, 11) is 3.34. The third kappa shape index (κ3) is 2.45. The summed E-state index contributed by atoms with van der Waals surface area (Å²) in [6.45, 7) is 3.92. The molecule has 0 bridgehead atoms. The van der Waals surface area contributed by atoms with Gasteiger partial charge in [-0.2, -0.15) is 0 Å². The Bertz CT molecular complexity index is 612. The maximum absolute atomic E-state index is 9.60. The van der Waals surface area contributed by atoms with Gasteiger partial charge in [0.25, 0.3) is 0 Å². The SMILES string of the molecule is CNc1nc(-c2ccc(O)c(OC)c2)nc(C)c1C. The molecule has 0 fully saturated rings. The third-order valence-electron chi connectivity index (χ3n) is 3.06. The van der Waals surface area contributed by atoms with Gasteiger partial charge in [-0.15, -0.1) is 0 Å². The van der Waals surface area contributed by atoms with Crippen molar-refractivity contribution in [1.82, 2.24) is 9.97 Å². The first kappa shape index (κ1) is 13.1. The first-order valence-electron chi connectivity index (χ1n) is 5.97. The van der Waals surface area contributed by atoms with Crippen molar-refractivity contribution in [3.8, 4) is 22.9 Å². The fourth-order valence-electron chi connectivity index (χ4n) is 1.82. The molecule has 0 aliphatic heterocycles. The maximum atomic E-state index is 9.60. The Hall–Kier alpha value is -2.30. The molecule has 0 saturated heterocycles. The van der Waals surface area contributed by atoms with Gasteiger partial charge < -0.3 is 15.2 Å². The number of aryl methyl sites for hydroxylation is 1. The second-order valence-corrected chi connectivity index (χ2v) is 4.24. The average Bonchev–Trinajstić information content (AvgIpc) is 2.42. The fraction of sp³-hybridized carbons (Fsp3) is 0.286. The smallest absolute Gasteiger partial charge is 0.161 e. The highest BCUT2D eigenvalue weighted by atomic mass is 16.5. The Morgan fingerprint density at radius 3 is 2.58 bits per heavy atom. The van der Waals surface area contributed by atoms with Crippen molar-refractivity contribution < 1.29 is 9.84 Å². The van der Waals surface area contributed by atoms with Gasteiger partial charge in [-0.05, 0) is 32.0 Å². The standard InChI is InChI=1S/C14H17N3O2/c1-8-9(2)16-14(17-13(8)15-3)10-5-6-11(18)12(7-10)19-4/h5-7,18H,1-4H3,(H,15,16,17). The molecule has 100 valence electrons. The van der Waals surface area contributed by atoms with Crippen molar-refractivity contribution in [2.45, 2.75) is 13.8 Å². The van der Waals surface area contributed by atoms with E-state index in [-0.39, 0.29) is 5.75 Å². The lowest BCUT2D eigenvalue weighted by Gasteiger charge is -2.11. The number of benzene rings is 1. The Balaban J connectivity index is 2.55. The number of phenolic OH excluding ortho intramolecular Hbond substituents is 1. The molecule has 0 saturated carbocycles. The third-order valence-corrected chi connectivity index (χ3v) is 3.06. The molecule has 0 radical (unpaired) electrons. The lowest BCUT2D eigenvalue weighted by Crippen LogP contribution is -2.02. The molecule has 0 amide bonds. The summed E-state index contributed by atoms with van der Waals surface area (Å²) >= 11 is 0. The van der Waals surface area contributed by atoms with Crippen LogP contribution < -0.4 is 10.1 Å². The maximum Gasteiger partial charge on any atom is 0.161 e. The molecule has 1 heterocycles. The monoisotopic (exact) mass is 259 g/mol. The highest BCUT2D eigenvalue weighted by Gasteiger charge is 2.11. The van der Waals surface area contributed by atoms with Gasteiger partial charge >= 0.3 is 0 Å². The van der Waals surface area contributed by atoms with Crippen LogP contribution in [0.1, 0.15) is 11.3 Å². The Morgan fingerprint density at radius 1 is 1.21 bits per heavy atom. The summed E-state index contributed by atoms with van der Waals surface area (Å²) in [5, 5.41) is 12.7. The van der Waals surface area contributed by atoms with E-state index in [2.05, 4.69) is 15.3 Å². The minimum Gasteiger partial charge on any atom is -0.504 e. The van der Waals surface area contributed by atoms with E-state index < -0.39 is 0 Å². The van der Waals surface area contributed by atoms with E-state index in [1.807, 2.05) is 20.9 Å². The predicted octanol–water partition coefficient (Wildman–Crippen LogP) is 2.52. The summed E-state index contributed by atoms with van der Waals surface area (Å²) in [5.74, 6) is 1.91. The number of hydrogen-bond donors (Lipinski definition) is 2. The highest BCUT2D eigenvalue weighted by molar-refractivity contribution is 5.63. The summed E-state index contributed by atoms with van der Waals surface area (Å²) in [6, 6.07) is 5.06. The van der Waals surface area contributed by atoms with Crippen molar-refractivity contribution >= 4 is 5.82 Å². The summed E-state index contributed by atoms with van der Waals surface area (Å²) in [4.78, 5) is 8.94. The first-order valence-corrected chi connectivity index (χ1v) is 5.97. The molecule has 2 aromatic rings. The second kappa shape index (κ2) is 5.14. The number of rotatable bonds is 3. The molecular weight excluding hydrogens is 242 g/mol. The normalized spacial score (nSPS) is 10.3. The van der Waals surface area contributed by atoms with Crippen LogP contribution in [0.15, 0.2) is 18.2 Å². The molecule has 1 aromatic carbocycles. The van der Waals surface area contributed by atoms with Crippen molar-refractivity contribution in [2.24, 2.45) is 0 Å². The van der Waals surface area contributed by atoms with Crippen LogP contribution in [0.25, 0.3) is 11.4 Å². The fourth-order valence-corrected chi connectivity index (χ4v) is 1.82. The van der Waals surface area contributed by atoms with Crippen LogP contribution in [-0.4, -0.2) is 29.2 Å². The van der Waals surface area contributed by atoms with Gasteiger partial charge in [0.15, 0.2) is 17.3 Å². The average molecular weight is 259 g/mol. The molecule has 5 nitrogen and oxygen atoms in total. The molecular formula is C14H17N3O2. The van der Waals surface area contributed by atoms with Crippen LogP contribution >= 0.6 is 0 Å². The molecule has 0 atom stereocenters. The van der Waals surface area contributed by atoms with Gasteiger partial charge in [0.2, 0.25) is 0 Å². The van der Waals surface area contributed by atoms with E-state index in [9.17, 15) is 5.11 Å². The molecule has 5 heteroatoms. The Morgan fingerprint density at radius 2 is 1.95 bits per heavy atom. The van der Waals surface area contributed by atoms with Crippen LogP contribution in [0.3, 0.4) is 0 Å². The number of nitrogens with zero attached hydrogens (tertiary/aromatic N) is 2. The zero-order chi connectivity index (χ0) is 14.0. The largest absolute Gasteiger partial charge is 0.504 e. The topological polar surface area (TPSA) is 67.3 Å². The Kier molecular flexibility index (Phi) is 3.55. The molecule has 2 N–H and O–H groups in total. The van der Waals surface area contributed by atoms with Crippen molar-refractivity contribution in [1.29, 1.82) is 0 Å². The minimum absolute atomic E-state index is 0.101. The molecule has 2 rings (SSSR count). The summed E-state index contributed by atoms with van der Waals surface area (Å²) in [6.07, 6.45) is 0. The molecule has 0 aliphatic rings. The van der Waals surface area contributed by atoms with E-state index in [1.54, 1.807) is 18.2 Å². The number of phenols is 1. The summed E-state index contributed by atoms with van der Waals surface area (Å²) < 4.78 is 5.10. The number of methoxy groups -OCH3 is 1. The molecule has 0 unspecified atom stereocenters. The van der Waals surface area contributed by atoms with Crippen molar-refractivity contribution in [3.05, 3.63) is 29.5 Å². The van der Waals surface area contributed by atoms with Gasteiger partial charge in [-0.3, -0.25) is 0 Å².